The van der Waals surface area contributed by atoms with Gasteiger partial charge in [0.15, 0.2) is 10.8 Å². The highest BCUT2D eigenvalue weighted by atomic mass is 32.2. The van der Waals surface area contributed by atoms with E-state index in [0.29, 0.717) is 0 Å². The van der Waals surface area contributed by atoms with Gasteiger partial charge in [-0.05, 0) is 12.8 Å². The van der Waals surface area contributed by atoms with Gasteiger partial charge in [-0.2, -0.15) is 0 Å². The largest absolute Gasteiger partial charge is 0.381 e. The summed E-state index contributed by atoms with van der Waals surface area (Å²) in [6.45, 7) is 5.87. The van der Waals surface area contributed by atoms with Gasteiger partial charge in [0.2, 0.25) is 0 Å². The smallest absolute Gasteiger partial charge is 0.260 e. The van der Waals surface area contributed by atoms with Gasteiger partial charge in [-0.15, -0.1) is 0 Å². The molecule has 0 aliphatic heterocycles. The van der Waals surface area contributed by atoms with Crippen LogP contribution in [0.25, 0.3) is 0 Å². The molecule has 1 aromatic heterocycles. The van der Waals surface area contributed by atoms with Crippen LogP contribution in [0, 0.1) is 5.92 Å². The number of anilines is 1. The first-order chi connectivity index (χ1) is 7.79. The Balaban J connectivity index is 2.98. The highest BCUT2D eigenvalue weighted by Crippen LogP contribution is 2.17. The zero-order valence-electron chi connectivity index (χ0n) is 10.6. The van der Waals surface area contributed by atoms with Gasteiger partial charge >= 0.3 is 0 Å². The zero-order valence-corrected chi connectivity index (χ0v) is 11.5. The van der Waals surface area contributed by atoms with Gasteiger partial charge in [0.25, 0.3) is 10.0 Å². The van der Waals surface area contributed by atoms with Gasteiger partial charge in [-0.3, -0.25) is 0 Å². The van der Waals surface area contributed by atoms with Crippen LogP contribution < -0.4 is 10.5 Å². The van der Waals surface area contributed by atoms with Crippen molar-refractivity contribution in [1.82, 2.24) is 14.3 Å². The topological polar surface area (TPSA) is 90.0 Å². The molecule has 6 nitrogen and oxygen atoms in total. The van der Waals surface area contributed by atoms with Crippen LogP contribution in [0.2, 0.25) is 0 Å². The number of aromatic nitrogens is 2. The highest BCUT2D eigenvalue weighted by Gasteiger charge is 2.25. The van der Waals surface area contributed by atoms with E-state index in [1.807, 2.05) is 20.8 Å². The molecule has 1 heterocycles. The van der Waals surface area contributed by atoms with Crippen LogP contribution in [-0.2, 0) is 17.1 Å². The van der Waals surface area contributed by atoms with Crippen LogP contribution in [0.3, 0.4) is 0 Å². The number of hydrogen-bond donors (Lipinski definition) is 2. The summed E-state index contributed by atoms with van der Waals surface area (Å²) in [5, 5.41) is 0.0210. The van der Waals surface area contributed by atoms with Crippen LogP contribution >= 0.6 is 0 Å². The lowest BCUT2D eigenvalue weighted by Gasteiger charge is -2.19. The molecule has 0 spiro atoms. The third-order valence-electron chi connectivity index (χ3n) is 3.00. The maximum absolute atomic E-state index is 12.1. The molecule has 0 saturated carbocycles. The van der Waals surface area contributed by atoms with E-state index >= 15 is 0 Å². The van der Waals surface area contributed by atoms with Crippen molar-refractivity contribution in [2.45, 2.75) is 38.3 Å². The van der Waals surface area contributed by atoms with Crippen molar-refractivity contribution < 1.29 is 8.42 Å². The van der Waals surface area contributed by atoms with Crippen LogP contribution in [0.4, 0.5) is 5.82 Å². The lowest BCUT2D eigenvalue weighted by molar-refractivity contribution is 0.432. The lowest BCUT2D eigenvalue weighted by atomic mass is 10.0. The first kappa shape index (κ1) is 14.0. The second-order valence-electron chi connectivity index (χ2n) is 4.34. The van der Waals surface area contributed by atoms with Gasteiger partial charge in [-0.1, -0.05) is 20.3 Å². The summed E-state index contributed by atoms with van der Waals surface area (Å²) in [6, 6.07) is -0.140. The third-order valence-corrected chi connectivity index (χ3v) is 4.69. The van der Waals surface area contributed by atoms with E-state index in [1.54, 1.807) is 7.05 Å². The molecule has 0 aromatic carbocycles. The molecule has 2 unspecified atom stereocenters. The molecule has 0 amide bonds. The van der Waals surface area contributed by atoms with Crippen molar-refractivity contribution in [2.75, 3.05) is 5.73 Å². The Bertz CT molecular complexity index is 461. The number of aryl methyl sites for hydroxylation is 1. The van der Waals surface area contributed by atoms with Crippen molar-refractivity contribution in [2.24, 2.45) is 13.0 Å². The molecule has 0 aliphatic carbocycles. The summed E-state index contributed by atoms with van der Waals surface area (Å²) in [5.74, 6) is 0.288. The number of nitrogens with two attached hydrogens (primary N) is 1. The zero-order chi connectivity index (χ0) is 13.2. The van der Waals surface area contributed by atoms with Gasteiger partial charge in [0.05, 0.1) is 6.33 Å². The van der Waals surface area contributed by atoms with Crippen molar-refractivity contribution >= 4 is 15.8 Å². The molecule has 0 bridgehead atoms. The first-order valence-corrected chi connectivity index (χ1v) is 7.07. The fourth-order valence-electron chi connectivity index (χ4n) is 1.53. The second-order valence-corrected chi connectivity index (χ2v) is 5.97. The Morgan fingerprint density at radius 1 is 1.53 bits per heavy atom. The fraction of sp³-hybridized carbons (Fsp3) is 0.700. The number of rotatable bonds is 5. The molecule has 0 radical (unpaired) electrons. The minimum absolute atomic E-state index is 0.0210. The number of nitrogen functional groups attached to an aromatic ring is 1. The first-order valence-electron chi connectivity index (χ1n) is 5.58. The molecule has 3 N–H and O–H groups in total. The van der Waals surface area contributed by atoms with E-state index in [-0.39, 0.29) is 22.8 Å². The fourth-order valence-corrected chi connectivity index (χ4v) is 3.12. The van der Waals surface area contributed by atoms with Crippen molar-refractivity contribution in [1.29, 1.82) is 0 Å². The summed E-state index contributed by atoms with van der Waals surface area (Å²) in [6.07, 6.45) is 2.29. The average Bonchev–Trinajstić information content (AvgIpc) is 2.57. The summed E-state index contributed by atoms with van der Waals surface area (Å²) in [4.78, 5) is 3.78. The van der Waals surface area contributed by atoms with Crippen LogP contribution in [0.5, 0.6) is 0 Å². The molecular formula is C10H20N4O2S. The summed E-state index contributed by atoms with van der Waals surface area (Å²) in [5.41, 5.74) is 5.56. The standard InChI is InChI=1S/C10H20N4O2S/c1-5-7(2)8(3)13-17(15,16)10-9(11)12-6-14(10)4/h6-8,13H,5,11H2,1-4H3. The predicted octanol–water partition coefficient (Wildman–Crippen LogP) is 0.715. The summed E-state index contributed by atoms with van der Waals surface area (Å²) >= 11 is 0. The number of nitrogens with zero attached hydrogens (tertiary/aromatic N) is 2. The molecule has 7 heteroatoms. The monoisotopic (exact) mass is 260 g/mol. The molecular weight excluding hydrogens is 240 g/mol. The van der Waals surface area contributed by atoms with Crippen molar-refractivity contribution in [3.05, 3.63) is 6.33 Å². The van der Waals surface area contributed by atoms with E-state index in [1.165, 1.54) is 10.9 Å². The Hall–Kier alpha value is -1.08. The van der Waals surface area contributed by atoms with Gasteiger partial charge < -0.3 is 10.3 Å². The van der Waals surface area contributed by atoms with E-state index in [0.717, 1.165) is 6.42 Å². The Labute approximate surface area is 102 Å². The Kier molecular flexibility index (Phi) is 4.16. The summed E-state index contributed by atoms with van der Waals surface area (Å²) < 4.78 is 28.3. The summed E-state index contributed by atoms with van der Waals surface area (Å²) in [7, 11) is -2.00. The van der Waals surface area contributed by atoms with Gasteiger partial charge in [0.1, 0.15) is 0 Å². The quantitative estimate of drug-likeness (QED) is 0.816. The van der Waals surface area contributed by atoms with Crippen LogP contribution in [0.1, 0.15) is 27.2 Å². The average molecular weight is 260 g/mol. The number of sulfonamides is 1. The Morgan fingerprint density at radius 2 is 2.12 bits per heavy atom. The maximum atomic E-state index is 12.1. The molecule has 1 rings (SSSR count). The van der Waals surface area contributed by atoms with E-state index in [4.69, 9.17) is 5.73 Å². The lowest BCUT2D eigenvalue weighted by Crippen LogP contribution is -2.37. The maximum Gasteiger partial charge on any atom is 0.260 e. The minimum atomic E-state index is -3.61. The van der Waals surface area contributed by atoms with Gasteiger partial charge in [-0.25, -0.2) is 18.1 Å². The molecule has 0 saturated heterocycles. The third kappa shape index (κ3) is 2.98. The molecule has 17 heavy (non-hydrogen) atoms. The van der Waals surface area contributed by atoms with Gasteiger partial charge in [0, 0.05) is 13.1 Å². The van der Waals surface area contributed by atoms with E-state index < -0.39 is 10.0 Å². The molecule has 1 aromatic rings. The van der Waals surface area contributed by atoms with Crippen molar-refractivity contribution in [3.8, 4) is 0 Å². The molecule has 0 aliphatic rings. The van der Waals surface area contributed by atoms with Crippen molar-refractivity contribution in [3.63, 3.8) is 0 Å². The normalized spacial score (nSPS) is 15.8. The number of nitrogens with one attached hydrogen (secondary N) is 1. The predicted molar refractivity (Wildman–Crippen MR) is 66.9 cm³/mol. The Morgan fingerprint density at radius 3 is 2.53 bits per heavy atom. The SMILES string of the molecule is CCC(C)C(C)NS(=O)(=O)c1c(N)ncn1C. The highest BCUT2D eigenvalue weighted by molar-refractivity contribution is 7.89. The molecule has 98 valence electrons. The molecule has 0 fully saturated rings. The van der Waals surface area contributed by atoms with Crippen LogP contribution in [-0.4, -0.2) is 24.0 Å². The molecule has 2 atom stereocenters. The van der Waals surface area contributed by atoms with Crippen LogP contribution in [0.15, 0.2) is 11.4 Å². The second kappa shape index (κ2) is 5.05. The van der Waals surface area contributed by atoms with E-state index in [9.17, 15) is 8.42 Å². The van der Waals surface area contributed by atoms with E-state index in [2.05, 4.69) is 9.71 Å². The number of hydrogen-bond acceptors (Lipinski definition) is 4. The minimum Gasteiger partial charge on any atom is -0.381 e. The number of imidazole rings is 1.